The number of halogens is 3. The molecule has 7 heteroatoms. The molecule has 2 aromatic carbocycles. The van der Waals surface area contributed by atoms with E-state index in [1.807, 2.05) is 6.07 Å². The highest BCUT2D eigenvalue weighted by molar-refractivity contribution is 5.86. The van der Waals surface area contributed by atoms with Crippen molar-refractivity contribution in [2.45, 2.75) is 31.1 Å². The fraction of sp³-hybridized carbons (Fsp3) is 0.300. The first-order valence-electron chi connectivity index (χ1n) is 8.57. The van der Waals surface area contributed by atoms with E-state index in [1.165, 1.54) is 41.3 Å². The Morgan fingerprint density at radius 3 is 2.33 bits per heavy atom. The molecule has 0 unspecified atom stereocenters. The molecule has 1 N–H and O–H groups in total. The van der Waals surface area contributed by atoms with Gasteiger partial charge in [-0.1, -0.05) is 12.1 Å². The van der Waals surface area contributed by atoms with E-state index in [0.29, 0.717) is 11.3 Å². The Balaban J connectivity index is 1.83. The molecule has 3 rings (SSSR count). The minimum atomic E-state index is -1.24. The zero-order chi connectivity index (χ0) is 19.4. The number of nitrogens with one attached hydrogen (secondary N) is 1. The zero-order valence-electron chi connectivity index (χ0n) is 14.4. The van der Waals surface area contributed by atoms with Gasteiger partial charge in [0.15, 0.2) is 0 Å². The minimum Gasteiger partial charge on any atom is -0.373 e. The third-order valence-electron chi connectivity index (χ3n) is 4.52. The molecule has 27 heavy (non-hydrogen) atoms. The second kappa shape index (κ2) is 8.12. The van der Waals surface area contributed by atoms with Crippen LogP contribution in [0.3, 0.4) is 0 Å². The molecular formula is C20H18F3N3O. The first-order chi connectivity index (χ1) is 13.0. The van der Waals surface area contributed by atoms with Crippen LogP contribution < -0.4 is 5.32 Å². The van der Waals surface area contributed by atoms with Gasteiger partial charge in [0.25, 0.3) is 0 Å². The number of hydrogen-bond donors (Lipinski definition) is 1. The van der Waals surface area contributed by atoms with Gasteiger partial charge in [-0.15, -0.1) is 0 Å². The van der Waals surface area contributed by atoms with Crippen molar-refractivity contribution in [2.24, 2.45) is 0 Å². The van der Waals surface area contributed by atoms with Gasteiger partial charge in [-0.25, -0.2) is 13.2 Å². The van der Waals surface area contributed by atoms with Crippen molar-refractivity contribution in [1.29, 1.82) is 5.26 Å². The molecule has 1 amide bonds. The Hall–Kier alpha value is -3.01. The monoisotopic (exact) mass is 373 g/mol. The number of benzene rings is 2. The van der Waals surface area contributed by atoms with E-state index in [0.717, 1.165) is 0 Å². The van der Waals surface area contributed by atoms with Crippen molar-refractivity contribution in [1.82, 2.24) is 4.90 Å². The van der Waals surface area contributed by atoms with Crippen LogP contribution in [0, 0.1) is 23.0 Å². The van der Waals surface area contributed by atoms with Crippen molar-refractivity contribution in [3.05, 3.63) is 65.7 Å². The smallest absolute Gasteiger partial charge is 0.246 e. The Labute approximate surface area is 155 Å². The van der Waals surface area contributed by atoms with Crippen LogP contribution in [-0.2, 0) is 11.2 Å². The minimum absolute atomic E-state index is 0.0118. The van der Waals surface area contributed by atoms with Crippen molar-refractivity contribution < 1.29 is 18.0 Å². The normalized spacial score (nSPS) is 20.1. The van der Waals surface area contributed by atoms with Crippen LogP contribution in [0.1, 0.15) is 12.0 Å². The zero-order valence-corrected chi connectivity index (χ0v) is 14.4. The molecule has 0 saturated carbocycles. The highest BCUT2D eigenvalue weighted by Crippen LogP contribution is 2.23. The largest absolute Gasteiger partial charge is 0.373 e. The summed E-state index contributed by atoms with van der Waals surface area (Å²) in [4.78, 5) is 14.2. The molecular weight excluding hydrogens is 355 g/mol. The van der Waals surface area contributed by atoms with Gasteiger partial charge in [-0.3, -0.25) is 4.79 Å². The molecule has 0 radical (unpaired) electrons. The van der Waals surface area contributed by atoms with E-state index < -0.39 is 35.8 Å². The molecule has 1 fully saturated rings. The van der Waals surface area contributed by atoms with E-state index >= 15 is 0 Å². The summed E-state index contributed by atoms with van der Waals surface area (Å²) in [6, 6.07) is 11.5. The van der Waals surface area contributed by atoms with E-state index in [2.05, 4.69) is 5.32 Å². The molecule has 0 aromatic heterocycles. The first-order valence-corrected chi connectivity index (χ1v) is 8.57. The molecule has 1 aliphatic rings. The van der Waals surface area contributed by atoms with E-state index in [4.69, 9.17) is 0 Å². The van der Waals surface area contributed by atoms with Crippen LogP contribution in [0.25, 0.3) is 0 Å². The lowest BCUT2D eigenvalue weighted by molar-refractivity contribution is -0.132. The SMILES string of the molecule is N#C[C@@H]1C[C@H](F)CN1C(=O)[C@H](Cc1ccc(F)cc1)Nc1ccc(F)cc1. The van der Waals surface area contributed by atoms with Crippen molar-refractivity contribution >= 4 is 11.6 Å². The predicted octanol–water partition coefficient (Wildman–Crippen LogP) is 3.45. The third kappa shape index (κ3) is 4.59. The topological polar surface area (TPSA) is 56.1 Å². The third-order valence-corrected chi connectivity index (χ3v) is 4.52. The lowest BCUT2D eigenvalue weighted by Gasteiger charge is -2.27. The number of anilines is 1. The Morgan fingerprint density at radius 1 is 1.15 bits per heavy atom. The summed E-state index contributed by atoms with van der Waals surface area (Å²) in [6.07, 6.45) is -1.04. The number of hydrogen-bond acceptors (Lipinski definition) is 3. The van der Waals surface area contributed by atoms with Crippen molar-refractivity contribution in [2.75, 3.05) is 11.9 Å². The number of nitrogens with zero attached hydrogens (tertiary/aromatic N) is 2. The van der Waals surface area contributed by atoms with Gasteiger partial charge < -0.3 is 10.2 Å². The lowest BCUT2D eigenvalue weighted by atomic mass is 10.0. The van der Waals surface area contributed by atoms with Gasteiger partial charge in [-0.2, -0.15) is 5.26 Å². The number of alkyl halides is 1. The van der Waals surface area contributed by atoms with Gasteiger partial charge in [-0.05, 0) is 42.0 Å². The number of rotatable bonds is 5. The van der Waals surface area contributed by atoms with Gasteiger partial charge in [0, 0.05) is 18.5 Å². The number of amides is 1. The summed E-state index contributed by atoms with van der Waals surface area (Å²) in [6.45, 7) is -0.137. The highest BCUT2D eigenvalue weighted by atomic mass is 19.1. The molecule has 3 atom stereocenters. The van der Waals surface area contributed by atoms with Crippen LogP contribution in [0.5, 0.6) is 0 Å². The summed E-state index contributed by atoms with van der Waals surface area (Å²) in [5.74, 6) is -1.22. The van der Waals surface area contributed by atoms with Gasteiger partial charge in [0.2, 0.25) is 5.91 Å². The fourth-order valence-corrected chi connectivity index (χ4v) is 3.15. The second-order valence-electron chi connectivity index (χ2n) is 6.50. The summed E-state index contributed by atoms with van der Waals surface area (Å²) in [7, 11) is 0. The average molecular weight is 373 g/mol. The van der Waals surface area contributed by atoms with Crippen molar-refractivity contribution in [3.63, 3.8) is 0 Å². The first kappa shape index (κ1) is 18.8. The molecule has 0 bridgehead atoms. The molecule has 1 saturated heterocycles. The van der Waals surface area contributed by atoms with Crippen LogP contribution >= 0.6 is 0 Å². The molecule has 0 spiro atoms. The lowest BCUT2D eigenvalue weighted by Crippen LogP contribution is -2.46. The van der Waals surface area contributed by atoms with Gasteiger partial charge in [0.1, 0.15) is 29.9 Å². The average Bonchev–Trinajstić information content (AvgIpc) is 3.05. The van der Waals surface area contributed by atoms with Gasteiger partial charge in [0.05, 0.1) is 12.6 Å². The second-order valence-corrected chi connectivity index (χ2v) is 6.50. The molecule has 140 valence electrons. The molecule has 1 heterocycles. The van der Waals surface area contributed by atoms with Crippen LogP contribution in [0.4, 0.5) is 18.9 Å². The van der Waals surface area contributed by atoms with E-state index in [-0.39, 0.29) is 19.4 Å². The maximum Gasteiger partial charge on any atom is 0.246 e. The predicted molar refractivity (Wildman–Crippen MR) is 94.5 cm³/mol. The summed E-state index contributed by atoms with van der Waals surface area (Å²) in [5, 5.41) is 12.2. The van der Waals surface area contributed by atoms with E-state index in [9.17, 15) is 23.2 Å². The Morgan fingerprint density at radius 2 is 1.74 bits per heavy atom. The van der Waals surface area contributed by atoms with Crippen LogP contribution in [0.15, 0.2) is 48.5 Å². The molecule has 0 aliphatic carbocycles. The molecule has 2 aromatic rings. The van der Waals surface area contributed by atoms with Crippen LogP contribution in [0.2, 0.25) is 0 Å². The maximum atomic E-state index is 13.7. The Bertz CT molecular complexity index is 786. The van der Waals surface area contributed by atoms with Crippen LogP contribution in [-0.4, -0.2) is 35.6 Å². The highest BCUT2D eigenvalue weighted by Gasteiger charge is 2.38. The van der Waals surface area contributed by atoms with Crippen molar-refractivity contribution in [3.8, 4) is 6.07 Å². The summed E-state index contributed by atoms with van der Waals surface area (Å²) in [5.41, 5.74) is 1.22. The maximum absolute atomic E-state index is 13.7. The summed E-state index contributed by atoms with van der Waals surface area (Å²) >= 11 is 0. The number of carbonyl (C=O) groups is 1. The Kier molecular flexibility index (Phi) is 5.65. The summed E-state index contributed by atoms with van der Waals surface area (Å²) < 4.78 is 40.0. The number of carbonyl (C=O) groups excluding carboxylic acids is 1. The van der Waals surface area contributed by atoms with E-state index in [1.54, 1.807) is 12.1 Å². The fourth-order valence-electron chi connectivity index (χ4n) is 3.15. The number of nitriles is 1. The molecule has 1 aliphatic heterocycles. The quantitative estimate of drug-likeness (QED) is 0.873. The number of likely N-dealkylation sites (tertiary alicyclic amines) is 1. The standard InChI is InChI=1S/C20H18F3N3O/c21-14-3-1-13(2-4-14)9-19(25-17-7-5-15(22)6-8-17)20(27)26-12-16(23)10-18(26)11-24/h1-8,16,18-19,25H,9-10,12H2/t16-,18-,19-/m0/s1. The van der Waals surface area contributed by atoms with Gasteiger partial charge >= 0.3 is 0 Å². The molecule has 4 nitrogen and oxygen atoms in total.